The van der Waals surface area contributed by atoms with Gasteiger partial charge in [-0.05, 0) is 43.7 Å². The van der Waals surface area contributed by atoms with Gasteiger partial charge in [0.2, 0.25) is 5.95 Å². The summed E-state index contributed by atoms with van der Waals surface area (Å²) in [5, 5.41) is 6.32. The monoisotopic (exact) mass is 348 g/mol. The Morgan fingerprint density at radius 3 is 2.73 bits per heavy atom. The summed E-state index contributed by atoms with van der Waals surface area (Å²) in [6.45, 7) is 3.89. The van der Waals surface area contributed by atoms with Gasteiger partial charge < -0.3 is 15.1 Å². The number of aromatic nitrogens is 4. The number of nitrogens with zero attached hydrogens (tertiary/aromatic N) is 3. The fourth-order valence-corrected chi connectivity index (χ4v) is 2.45. The lowest BCUT2D eigenvalue weighted by Gasteiger charge is -2.10. The first-order valence-corrected chi connectivity index (χ1v) is 8.00. The first kappa shape index (κ1) is 15.8. The topological polar surface area (TPSA) is 109 Å². The maximum Gasteiger partial charge on any atom is 0.417 e. The molecule has 3 N–H and O–H groups in total. The van der Waals surface area contributed by atoms with Crippen LogP contribution in [0.1, 0.15) is 11.1 Å². The maximum atomic E-state index is 11.3. The van der Waals surface area contributed by atoms with Crippen LogP contribution in [0.5, 0.6) is 0 Å². The fourth-order valence-electron chi connectivity index (χ4n) is 2.45. The van der Waals surface area contributed by atoms with Gasteiger partial charge in [0.15, 0.2) is 5.58 Å². The van der Waals surface area contributed by atoms with Crippen molar-refractivity contribution in [2.24, 2.45) is 0 Å². The third-order valence-corrected chi connectivity index (χ3v) is 3.80. The molecule has 0 saturated heterocycles. The highest BCUT2D eigenvalue weighted by molar-refractivity contribution is 5.78. The first-order valence-electron chi connectivity index (χ1n) is 8.00. The number of aromatic amines is 1. The van der Waals surface area contributed by atoms with Crippen molar-refractivity contribution in [3.8, 4) is 0 Å². The quantitative estimate of drug-likeness (QED) is 0.518. The number of anilines is 4. The number of fused-ring (bicyclic) bond motifs is 1. The van der Waals surface area contributed by atoms with Crippen LogP contribution in [-0.2, 0) is 0 Å². The summed E-state index contributed by atoms with van der Waals surface area (Å²) in [6.07, 6.45) is 3.50. The largest absolute Gasteiger partial charge is 0.417 e. The van der Waals surface area contributed by atoms with E-state index < -0.39 is 5.76 Å². The molecule has 130 valence electrons. The number of H-pyrrole nitrogens is 1. The number of aryl methyl sites for hydroxylation is 2. The average molecular weight is 348 g/mol. The summed E-state index contributed by atoms with van der Waals surface area (Å²) < 4.78 is 5.01. The van der Waals surface area contributed by atoms with Gasteiger partial charge in [0.1, 0.15) is 11.6 Å². The van der Waals surface area contributed by atoms with E-state index in [2.05, 4.69) is 30.6 Å². The molecule has 0 unspecified atom stereocenters. The van der Waals surface area contributed by atoms with Crippen LogP contribution in [0, 0.1) is 13.8 Å². The molecule has 4 rings (SSSR count). The molecule has 0 fully saturated rings. The van der Waals surface area contributed by atoms with Gasteiger partial charge in [-0.1, -0.05) is 6.07 Å². The number of rotatable bonds is 4. The molecular weight excluding hydrogens is 332 g/mol. The Hall–Kier alpha value is -3.68. The number of nitrogens with one attached hydrogen (secondary N) is 3. The van der Waals surface area contributed by atoms with Crippen molar-refractivity contribution in [3.05, 3.63) is 64.4 Å². The highest BCUT2D eigenvalue weighted by atomic mass is 16.4. The van der Waals surface area contributed by atoms with Gasteiger partial charge in [-0.3, -0.25) is 4.98 Å². The van der Waals surface area contributed by atoms with E-state index in [1.54, 1.807) is 24.5 Å². The van der Waals surface area contributed by atoms with Crippen LogP contribution in [0.15, 0.2) is 51.9 Å². The van der Waals surface area contributed by atoms with Gasteiger partial charge in [-0.15, -0.1) is 0 Å². The van der Waals surface area contributed by atoms with Crippen LogP contribution in [0.4, 0.5) is 23.3 Å². The zero-order chi connectivity index (χ0) is 18.1. The van der Waals surface area contributed by atoms with Gasteiger partial charge in [0, 0.05) is 23.6 Å². The van der Waals surface area contributed by atoms with Crippen molar-refractivity contribution < 1.29 is 4.42 Å². The number of hydrogen-bond acceptors (Lipinski definition) is 7. The first-order chi connectivity index (χ1) is 12.6. The van der Waals surface area contributed by atoms with E-state index >= 15 is 0 Å². The van der Waals surface area contributed by atoms with E-state index in [1.807, 2.05) is 32.0 Å². The summed E-state index contributed by atoms with van der Waals surface area (Å²) in [6, 6.07) is 9.16. The maximum absolute atomic E-state index is 11.3. The van der Waals surface area contributed by atoms with Gasteiger partial charge >= 0.3 is 5.76 Å². The number of pyridine rings is 1. The second kappa shape index (κ2) is 6.32. The van der Waals surface area contributed by atoms with Crippen molar-refractivity contribution in [1.29, 1.82) is 0 Å². The standard InChI is InChI=1S/C18H16N6O2/c1-10-3-6-15(19-8-10)23-17-20-9-11(2)16(24-17)21-12-4-5-14-13(7-12)22-18(25)26-14/h3-9H,1-2H3,(H,22,25)(H2,19,20,21,23,24). The Labute approximate surface area is 148 Å². The molecule has 3 aromatic heterocycles. The van der Waals surface area contributed by atoms with Crippen LogP contribution >= 0.6 is 0 Å². The minimum Gasteiger partial charge on any atom is -0.408 e. The smallest absolute Gasteiger partial charge is 0.408 e. The van der Waals surface area contributed by atoms with Gasteiger partial charge in [0.25, 0.3) is 0 Å². The summed E-state index contributed by atoms with van der Waals surface area (Å²) in [7, 11) is 0. The van der Waals surface area contributed by atoms with E-state index in [0.29, 0.717) is 28.7 Å². The molecule has 0 atom stereocenters. The number of hydrogen-bond donors (Lipinski definition) is 3. The van der Waals surface area contributed by atoms with Crippen molar-refractivity contribution in [2.75, 3.05) is 10.6 Å². The summed E-state index contributed by atoms with van der Waals surface area (Å²) in [4.78, 5) is 27.0. The SMILES string of the molecule is Cc1ccc(Nc2ncc(C)c(Nc3ccc4oc(=O)[nH]c4c3)n2)nc1. The third-order valence-electron chi connectivity index (χ3n) is 3.80. The Bertz CT molecular complexity index is 1130. The molecule has 8 nitrogen and oxygen atoms in total. The molecule has 0 aliphatic heterocycles. The fraction of sp³-hybridized carbons (Fsp3) is 0.111. The molecule has 4 aromatic rings. The highest BCUT2D eigenvalue weighted by Gasteiger charge is 2.07. The molecule has 8 heteroatoms. The summed E-state index contributed by atoms with van der Waals surface area (Å²) in [5.74, 6) is 1.28. The van der Waals surface area contributed by atoms with Crippen LogP contribution in [-0.4, -0.2) is 19.9 Å². The molecule has 0 amide bonds. The van der Waals surface area contributed by atoms with Gasteiger partial charge in [-0.2, -0.15) is 4.98 Å². The van der Waals surface area contributed by atoms with E-state index in [1.165, 1.54) is 0 Å². The number of oxazole rings is 1. The summed E-state index contributed by atoms with van der Waals surface area (Å²) >= 11 is 0. The molecule has 0 aliphatic rings. The molecule has 0 spiro atoms. The predicted molar refractivity (Wildman–Crippen MR) is 99.1 cm³/mol. The molecule has 0 saturated carbocycles. The van der Waals surface area contributed by atoms with E-state index in [-0.39, 0.29) is 0 Å². The van der Waals surface area contributed by atoms with Gasteiger partial charge in [-0.25, -0.2) is 14.8 Å². The zero-order valence-corrected chi connectivity index (χ0v) is 14.2. The normalized spacial score (nSPS) is 10.8. The minimum atomic E-state index is -0.479. The Morgan fingerprint density at radius 1 is 1.04 bits per heavy atom. The van der Waals surface area contributed by atoms with Crippen molar-refractivity contribution in [2.45, 2.75) is 13.8 Å². The van der Waals surface area contributed by atoms with E-state index in [0.717, 1.165) is 16.8 Å². The lowest BCUT2D eigenvalue weighted by atomic mass is 10.2. The van der Waals surface area contributed by atoms with E-state index in [4.69, 9.17) is 4.42 Å². The Balaban J connectivity index is 1.60. The Morgan fingerprint density at radius 2 is 1.92 bits per heavy atom. The zero-order valence-electron chi connectivity index (χ0n) is 14.2. The third kappa shape index (κ3) is 3.25. The molecule has 0 bridgehead atoms. The highest BCUT2D eigenvalue weighted by Crippen LogP contribution is 2.23. The lowest BCUT2D eigenvalue weighted by molar-refractivity contribution is 0.555. The average Bonchev–Trinajstić information content (AvgIpc) is 2.99. The van der Waals surface area contributed by atoms with Crippen molar-refractivity contribution in [1.82, 2.24) is 19.9 Å². The molecule has 1 aromatic carbocycles. The van der Waals surface area contributed by atoms with Crippen LogP contribution in [0.3, 0.4) is 0 Å². The van der Waals surface area contributed by atoms with Crippen LogP contribution in [0.25, 0.3) is 11.1 Å². The second-order valence-electron chi connectivity index (χ2n) is 5.92. The van der Waals surface area contributed by atoms with Crippen molar-refractivity contribution in [3.63, 3.8) is 0 Å². The second-order valence-corrected chi connectivity index (χ2v) is 5.92. The van der Waals surface area contributed by atoms with Gasteiger partial charge in [0.05, 0.1) is 5.52 Å². The summed E-state index contributed by atoms with van der Waals surface area (Å²) in [5.41, 5.74) is 3.86. The molecule has 3 heterocycles. The van der Waals surface area contributed by atoms with Crippen molar-refractivity contribution >= 4 is 34.4 Å². The molecular formula is C18H16N6O2. The Kier molecular flexibility index (Phi) is 3.85. The van der Waals surface area contributed by atoms with Crippen LogP contribution < -0.4 is 16.4 Å². The number of benzene rings is 1. The molecule has 26 heavy (non-hydrogen) atoms. The molecule has 0 radical (unpaired) electrons. The lowest BCUT2D eigenvalue weighted by Crippen LogP contribution is -2.03. The van der Waals surface area contributed by atoms with Crippen LogP contribution in [0.2, 0.25) is 0 Å². The van der Waals surface area contributed by atoms with E-state index in [9.17, 15) is 4.79 Å². The predicted octanol–water partition coefficient (Wildman–Crippen LogP) is 3.41. The molecule has 0 aliphatic carbocycles. The minimum absolute atomic E-state index is 0.437.